The number of hydrogen-bond donors (Lipinski definition) is 0. The number of anilines is 3. The minimum Gasteiger partial charge on any atom is -0.454 e. The number of hydrogen-bond acceptors (Lipinski definition) is 2. The molecule has 0 aliphatic rings. The number of fused-ring (bicyclic) bond motifs is 9. The summed E-state index contributed by atoms with van der Waals surface area (Å²) in [6.45, 7) is 0. The lowest BCUT2D eigenvalue weighted by molar-refractivity contribution is 0.669. The Balaban J connectivity index is 1.16. The quantitative estimate of drug-likeness (QED) is 0.184. The van der Waals surface area contributed by atoms with Gasteiger partial charge in [-0.2, -0.15) is 0 Å². The van der Waals surface area contributed by atoms with Gasteiger partial charge in [0.25, 0.3) is 0 Å². The molecule has 224 valence electrons. The average Bonchev–Trinajstić information content (AvgIpc) is 3.52. The van der Waals surface area contributed by atoms with E-state index in [1.165, 1.54) is 54.2 Å². The van der Waals surface area contributed by atoms with E-state index in [1.54, 1.807) is 0 Å². The van der Waals surface area contributed by atoms with Crippen LogP contribution < -0.4 is 4.90 Å². The van der Waals surface area contributed by atoms with Crippen LogP contribution >= 0.6 is 0 Å². The Morgan fingerprint density at radius 2 is 1.00 bits per heavy atom. The maximum Gasteiger partial charge on any atom is 0.159 e. The Hall–Kier alpha value is -6.38. The zero-order chi connectivity index (χ0) is 31.6. The molecule has 0 spiro atoms. The number of furan rings is 1. The normalized spacial score (nSPS) is 11.8. The summed E-state index contributed by atoms with van der Waals surface area (Å²) in [7, 11) is 0. The molecule has 1 heterocycles. The highest BCUT2D eigenvalue weighted by Crippen LogP contribution is 2.44. The molecule has 10 aromatic rings. The van der Waals surface area contributed by atoms with Crippen LogP contribution in [0.4, 0.5) is 17.1 Å². The first-order valence-corrected chi connectivity index (χ1v) is 16.4. The Morgan fingerprint density at radius 1 is 0.375 bits per heavy atom. The molecule has 0 bridgehead atoms. The van der Waals surface area contributed by atoms with E-state index in [-0.39, 0.29) is 0 Å². The lowest BCUT2D eigenvalue weighted by atomic mass is 9.90. The number of para-hydroxylation sites is 2. The van der Waals surface area contributed by atoms with Crippen LogP contribution in [-0.4, -0.2) is 0 Å². The van der Waals surface area contributed by atoms with E-state index in [1.807, 2.05) is 0 Å². The first-order chi connectivity index (χ1) is 23.8. The molecule has 0 atom stereocenters. The van der Waals surface area contributed by atoms with Gasteiger partial charge in [0.2, 0.25) is 0 Å². The van der Waals surface area contributed by atoms with E-state index < -0.39 is 0 Å². The van der Waals surface area contributed by atoms with Crippen molar-refractivity contribution in [2.45, 2.75) is 0 Å². The summed E-state index contributed by atoms with van der Waals surface area (Å²) in [5.74, 6) is 0. The molecule has 2 nitrogen and oxygen atoms in total. The van der Waals surface area contributed by atoms with Crippen molar-refractivity contribution in [3.05, 3.63) is 176 Å². The van der Waals surface area contributed by atoms with E-state index >= 15 is 0 Å². The van der Waals surface area contributed by atoms with Gasteiger partial charge in [-0.15, -0.1) is 0 Å². The second kappa shape index (κ2) is 10.6. The van der Waals surface area contributed by atoms with E-state index in [0.717, 1.165) is 39.0 Å². The Labute approximate surface area is 277 Å². The van der Waals surface area contributed by atoms with Gasteiger partial charge in [0.15, 0.2) is 5.58 Å². The first-order valence-electron chi connectivity index (χ1n) is 16.4. The maximum absolute atomic E-state index is 6.69. The standard InChI is InChI=1S/C46H29NO/c1-2-15-35(16-3-1)47(43-20-10-19-40-42-27-32-12-4-5-13-33(32)29-44(42)48-46(40)43)36-24-21-31(22-25-36)41-28-34-14-7-9-18-38(34)45-37-17-8-6-11-30(37)23-26-39(41)45/h1-29H. The van der Waals surface area contributed by atoms with Gasteiger partial charge < -0.3 is 9.32 Å². The molecule has 0 fully saturated rings. The monoisotopic (exact) mass is 611 g/mol. The van der Waals surface area contributed by atoms with E-state index in [9.17, 15) is 0 Å². The zero-order valence-corrected chi connectivity index (χ0v) is 26.1. The molecule has 48 heavy (non-hydrogen) atoms. The van der Waals surface area contributed by atoms with Crippen LogP contribution in [0.2, 0.25) is 0 Å². The van der Waals surface area contributed by atoms with Crippen molar-refractivity contribution in [3.8, 4) is 11.1 Å². The minimum atomic E-state index is 0.878. The van der Waals surface area contributed by atoms with Gasteiger partial charge in [0, 0.05) is 22.1 Å². The lowest BCUT2D eigenvalue weighted by Gasteiger charge is -2.25. The third-order valence-electron chi connectivity index (χ3n) is 9.79. The van der Waals surface area contributed by atoms with E-state index in [2.05, 4.69) is 181 Å². The van der Waals surface area contributed by atoms with Gasteiger partial charge in [-0.1, -0.05) is 127 Å². The van der Waals surface area contributed by atoms with Gasteiger partial charge in [-0.3, -0.25) is 0 Å². The summed E-state index contributed by atoms with van der Waals surface area (Å²) in [6.07, 6.45) is 0. The van der Waals surface area contributed by atoms with E-state index in [4.69, 9.17) is 4.42 Å². The fourth-order valence-electron chi connectivity index (χ4n) is 7.55. The molecule has 9 aromatic carbocycles. The molecule has 0 radical (unpaired) electrons. The Bertz CT molecular complexity index is 2810. The molecule has 1 aromatic heterocycles. The van der Waals surface area contributed by atoms with Crippen molar-refractivity contribution in [3.63, 3.8) is 0 Å². The second-order valence-corrected chi connectivity index (χ2v) is 12.5. The van der Waals surface area contributed by atoms with Crippen molar-refractivity contribution in [1.29, 1.82) is 0 Å². The van der Waals surface area contributed by atoms with Crippen LogP contribution in [0.25, 0.3) is 76.2 Å². The summed E-state index contributed by atoms with van der Waals surface area (Å²) >= 11 is 0. The lowest BCUT2D eigenvalue weighted by Crippen LogP contribution is -2.10. The van der Waals surface area contributed by atoms with Crippen LogP contribution in [0.3, 0.4) is 0 Å². The number of benzene rings is 9. The largest absolute Gasteiger partial charge is 0.454 e. The van der Waals surface area contributed by atoms with Crippen molar-refractivity contribution in [1.82, 2.24) is 0 Å². The zero-order valence-electron chi connectivity index (χ0n) is 26.1. The summed E-state index contributed by atoms with van der Waals surface area (Å²) in [6, 6.07) is 63.2. The number of nitrogens with zero attached hydrogens (tertiary/aromatic N) is 1. The fourth-order valence-corrected chi connectivity index (χ4v) is 7.55. The van der Waals surface area contributed by atoms with Crippen molar-refractivity contribution < 1.29 is 4.42 Å². The highest BCUT2D eigenvalue weighted by molar-refractivity contribution is 6.24. The first kappa shape index (κ1) is 26.8. The molecule has 0 saturated heterocycles. The van der Waals surface area contributed by atoms with Crippen LogP contribution in [0.15, 0.2) is 180 Å². The topological polar surface area (TPSA) is 16.4 Å². The summed E-state index contributed by atoms with van der Waals surface area (Å²) in [5, 5.41) is 12.3. The second-order valence-electron chi connectivity index (χ2n) is 12.5. The Kier molecular flexibility index (Phi) is 5.91. The average molecular weight is 612 g/mol. The molecule has 0 aliphatic carbocycles. The fraction of sp³-hybridized carbons (Fsp3) is 0. The molecule has 0 unspecified atom stereocenters. The van der Waals surface area contributed by atoms with Gasteiger partial charge in [-0.05, 0) is 103 Å². The predicted molar refractivity (Wildman–Crippen MR) is 204 cm³/mol. The highest BCUT2D eigenvalue weighted by atomic mass is 16.3. The van der Waals surface area contributed by atoms with Crippen LogP contribution in [0.1, 0.15) is 0 Å². The summed E-state index contributed by atoms with van der Waals surface area (Å²) in [5.41, 5.74) is 7.35. The van der Waals surface area contributed by atoms with E-state index in [0.29, 0.717) is 0 Å². The predicted octanol–water partition coefficient (Wildman–Crippen LogP) is 13.3. The van der Waals surface area contributed by atoms with Crippen LogP contribution in [0.5, 0.6) is 0 Å². The third-order valence-corrected chi connectivity index (χ3v) is 9.79. The molecule has 0 saturated carbocycles. The summed E-state index contributed by atoms with van der Waals surface area (Å²) in [4.78, 5) is 2.31. The third kappa shape index (κ3) is 4.13. The van der Waals surface area contributed by atoms with Crippen molar-refractivity contribution in [2.24, 2.45) is 0 Å². The highest BCUT2D eigenvalue weighted by Gasteiger charge is 2.20. The van der Waals surface area contributed by atoms with Gasteiger partial charge in [0.1, 0.15) is 5.58 Å². The number of rotatable bonds is 4. The molecule has 0 N–H and O–H groups in total. The van der Waals surface area contributed by atoms with Crippen LogP contribution in [-0.2, 0) is 0 Å². The van der Waals surface area contributed by atoms with Crippen molar-refractivity contribution >= 4 is 82.1 Å². The Morgan fingerprint density at radius 3 is 1.79 bits per heavy atom. The summed E-state index contributed by atoms with van der Waals surface area (Å²) < 4.78 is 6.69. The smallest absolute Gasteiger partial charge is 0.159 e. The molecule has 10 rings (SSSR count). The molecular weight excluding hydrogens is 583 g/mol. The molecule has 0 amide bonds. The molecule has 0 aliphatic heterocycles. The maximum atomic E-state index is 6.69. The van der Waals surface area contributed by atoms with Gasteiger partial charge in [-0.25, -0.2) is 0 Å². The SMILES string of the molecule is c1ccc(N(c2ccc(-c3cc4ccccc4c4c3ccc3ccccc34)cc2)c2cccc3c2oc2cc4ccccc4cc23)cc1. The minimum absolute atomic E-state index is 0.878. The van der Waals surface area contributed by atoms with Crippen LogP contribution in [0, 0.1) is 0 Å². The van der Waals surface area contributed by atoms with Crippen molar-refractivity contribution in [2.75, 3.05) is 4.90 Å². The van der Waals surface area contributed by atoms with Gasteiger partial charge in [0.05, 0.1) is 5.69 Å². The molecular formula is C46H29NO. The van der Waals surface area contributed by atoms with Gasteiger partial charge >= 0.3 is 0 Å². The molecule has 2 heteroatoms.